The van der Waals surface area contributed by atoms with Crippen molar-refractivity contribution in [3.05, 3.63) is 17.5 Å². The van der Waals surface area contributed by atoms with Crippen LogP contribution in [0.25, 0.3) is 0 Å². The van der Waals surface area contributed by atoms with E-state index in [0.29, 0.717) is 6.04 Å². The molecule has 1 aliphatic heterocycles. The summed E-state index contributed by atoms with van der Waals surface area (Å²) in [4.78, 5) is 0. The predicted octanol–water partition coefficient (Wildman–Crippen LogP) is 1.81. The summed E-state index contributed by atoms with van der Waals surface area (Å²) >= 11 is 0. The molecule has 0 radical (unpaired) electrons. The standard InChI is InChI=1S/C13H23N3O/c1-13(2,3)12-8-11(16-17-12)9-15-10-4-6-14-7-5-10/h8,10,14-15H,4-7,9H2,1-3H3. The van der Waals surface area contributed by atoms with Crippen molar-refractivity contribution in [1.29, 1.82) is 0 Å². The maximum Gasteiger partial charge on any atom is 0.142 e. The van der Waals surface area contributed by atoms with E-state index in [1.54, 1.807) is 0 Å². The molecule has 0 unspecified atom stereocenters. The fraction of sp³-hybridized carbons (Fsp3) is 0.769. The van der Waals surface area contributed by atoms with Gasteiger partial charge in [-0.25, -0.2) is 0 Å². The third-order valence-electron chi connectivity index (χ3n) is 3.21. The Labute approximate surface area is 103 Å². The largest absolute Gasteiger partial charge is 0.361 e. The molecule has 0 atom stereocenters. The van der Waals surface area contributed by atoms with Crippen LogP contribution in [0.2, 0.25) is 0 Å². The van der Waals surface area contributed by atoms with Crippen molar-refractivity contribution < 1.29 is 4.52 Å². The Morgan fingerprint density at radius 1 is 1.41 bits per heavy atom. The molecule has 1 aromatic rings. The lowest BCUT2D eigenvalue weighted by Gasteiger charge is -2.23. The summed E-state index contributed by atoms with van der Waals surface area (Å²) < 4.78 is 5.37. The average Bonchev–Trinajstić information content (AvgIpc) is 2.76. The number of nitrogens with zero attached hydrogens (tertiary/aromatic N) is 1. The zero-order chi connectivity index (χ0) is 12.3. The van der Waals surface area contributed by atoms with Crippen molar-refractivity contribution in [2.24, 2.45) is 0 Å². The Kier molecular flexibility index (Phi) is 3.84. The van der Waals surface area contributed by atoms with E-state index in [4.69, 9.17) is 4.52 Å². The van der Waals surface area contributed by atoms with Crippen LogP contribution < -0.4 is 10.6 Å². The highest BCUT2D eigenvalue weighted by Gasteiger charge is 2.20. The molecule has 4 heteroatoms. The number of hydrogen-bond donors (Lipinski definition) is 2. The van der Waals surface area contributed by atoms with E-state index in [9.17, 15) is 0 Å². The van der Waals surface area contributed by atoms with Crippen LogP contribution in [0.15, 0.2) is 10.6 Å². The molecule has 2 heterocycles. The van der Waals surface area contributed by atoms with Gasteiger partial charge in [0.25, 0.3) is 0 Å². The quantitative estimate of drug-likeness (QED) is 0.842. The molecule has 0 saturated carbocycles. The van der Waals surface area contributed by atoms with Gasteiger partial charge in [-0.3, -0.25) is 0 Å². The van der Waals surface area contributed by atoms with Gasteiger partial charge in [0.1, 0.15) is 5.76 Å². The fourth-order valence-corrected chi connectivity index (χ4v) is 2.02. The highest BCUT2D eigenvalue weighted by molar-refractivity contribution is 5.12. The van der Waals surface area contributed by atoms with Crippen molar-refractivity contribution in [1.82, 2.24) is 15.8 Å². The molecular weight excluding hydrogens is 214 g/mol. The molecule has 17 heavy (non-hydrogen) atoms. The molecular formula is C13H23N3O. The average molecular weight is 237 g/mol. The van der Waals surface area contributed by atoms with Crippen molar-refractivity contribution in [3.8, 4) is 0 Å². The van der Waals surface area contributed by atoms with Gasteiger partial charge in [-0.15, -0.1) is 0 Å². The molecule has 1 aliphatic rings. The molecule has 2 N–H and O–H groups in total. The number of aromatic nitrogens is 1. The van der Waals surface area contributed by atoms with Crippen molar-refractivity contribution in [2.75, 3.05) is 13.1 Å². The molecule has 4 nitrogen and oxygen atoms in total. The first-order valence-electron chi connectivity index (χ1n) is 6.46. The Morgan fingerprint density at radius 3 is 2.71 bits per heavy atom. The Morgan fingerprint density at radius 2 is 2.12 bits per heavy atom. The molecule has 0 aromatic carbocycles. The lowest BCUT2D eigenvalue weighted by Crippen LogP contribution is -2.39. The van der Waals surface area contributed by atoms with Crippen molar-refractivity contribution in [2.45, 2.75) is 51.6 Å². The fourth-order valence-electron chi connectivity index (χ4n) is 2.02. The van der Waals surface area contributed by atoms with Gasteiger partial charge in [-0.1, -0.05) is 25.9 Å². The van der Waals surface area contributed by atoms with E-state index in [1.807, 2.05) is 0 Å². The van der Waals surface area contributed by atoms with Crippen LogP contribution in [0.3, 0.4) is 0 Å². The van der Waals surface area contributed by atoms with E-state index in [0.717, 1.165) is 31.1 Å². The number of hydrogen-bond acceptors (Lipinski definition) is 4. The third-order valence-corrected chi connectivity index (χ3v) is 3.21. The summed E-state index contributed by atoms with van der Waals surface area (Å²) in [5.74, 6) is 0.958. The van der Waals surface area contributed by atoms with E-state index in [-0.39, 0.29) is 5.41 Å². The normalized spacial score (nSPS) is 18.5. The first kappa shape index (κ1) is 12.6. The van der Waals surface area contributed by atoms with Crippen molar-refractivity contribution in [3.63, 3.8) is 0 Å². The van der Waals surface area contributed by atoms with Gasteiger partial charge in [0, 0.05) is 24.1 Å². The Hall–Kier alpha value is -0.870. The molecule has 0 bridgehead atoms. The third kappa shape index (κ3) is 3.54. The molecule has 1 aromatic heterocycles. The predicted molar refractivity (Wildman–Crippen MR) is 67.9 cm³/mol. The summed E-state index contributed by atoms with van der Waals surface area (Å²) in [6, 6.07) is 2.68. The van der Waals surface area contributed by atoms with Gasteiger partial charge in [0.2, 0.25) is 0 Å². The second-order valence-electron chi connectivity index (χ2n) is 5.84. The van der Waals surface area contributed by atoms with Crippen LogP contribution in [0, 0.1) is 0 Å². The van der Waals surface area contributed by atoms with Crippen molar-refractivity contribution >= 4 is 0 Å². The Bertz CT molecular complexity index is 348. The van der Waals surface area contributed by atoms with Crippen LogP contribution in [0.5, 0.6) is 0 Å². The van der Waals surface area contributed by atoms with Crippen LogP contribution in [0.4, 0.5) is 0 Å². The molecule has 2 rings (SSSR count). The number of rotatable bonds is 3. The summed E-state index contributed by atoms with van der Waals surface area (Å²) in [7, 11) is 0. The van der Waals surface area contributed by atoms with Gasteiger partial charge in [0.05, 0.1) is 5.69 Å². The zero-order valence-electron chi connectivity index (χ0n) is 11.0. The smallest absolute Gasteiger partial charge is 0.142 e. The van der Waals surface area contributed by atoms with E-state index in [1.165, 1.54) is 12.8 Å². The van der Waals surface area contributed by atoms with Gasteiger partial charge in [-0.2, -0.15) is 0 Å². The highest BCUT2D eigenvalue weighted by atomic mass is 16.5. The van der Waals surface area contributed by atoms with E-state index < -0.39 is 0 Å². The van der Waals surface area contributed by atoms with E-state index >= 15 is 0 Å². The van der Waals surface area contributed by atoms with Crippen LogP contribution in [-0.4, -0.2) is 24.3 Å². The molecule has 96 valence electrons. The van der Waals surface area contributed by atoms with Crippen LogP contribution in [-0.2, 0) is 12.0 Å². The lowest BCUT2D eigenvalue weighted by atomic mass is 9.93. The van der Waals surface area contributed by atoms with Gasteiger partial charge >= 0.3 is 0 Å². The van der Waals surface area contributed by atoms with E-state index in [2.05, 4.69) is 42.6 Å². The number of piperidine rings is 1. The minimum Gasteiger partial charge on any atom is -0.361 e. The summed E-state index contributed by atoms with van der Waals surface area (Å²) in [6.45, 7) is 9.45. The maximum absolute atomic E-state index is 5.37. The summed E-state index contributed by atoms with van der Waals surface area (Å²) in [6.07, 6.45) is 2.40. The summed E-state index contributed by atoms with van der Waals surface area (Å²) in [5, 5.41) is 11.0. The minimum absolute atomic E-state index is 0.0417. The lowest BCUT2D eigenvalue weighted by molar-refractivity contribution is 0.322. The molecule has 0 spiro atoms. The van der Waals surface area contributed by atoms with Gasteiger partial charge in [-0.05, 0) is 25.9 Å². The first-order valence-corrected chi connectivity index (χ1v) is 6.46. The minimum atomic E-state index is 0.0417. The second kappa shape index (κ2) is 5.19. The Balaban J connectivity index is 1.84. The van der Waals surface area contributed by atoms with Gasteiger partial charge in [0.15, 0.2) is 0 Å². The summed E-state index contributed by atoms with van der Waals surface area (Å²) in [5.41, 5.74) is 1.05. The monoisotopic (exact) mass is 237 g/mol. The second-order valence-corrected chi connectivity index (χ2v) is 5.84. The highest BCUT2D eigenvalue weighted by Crippen LogP contribution is 2.22. The number of nitrogens with one attached hydrogen (secondary N) is 2. The van der Waals surface area contributed by atoms with Crippen LogP contribution >= 0.6 is 0 Å². The molecule has 1 saturated heterocycles. The first-order chi connectivity index (χ1) is 8.05. The van der Waals surface area contributed by atoms with Gasteiger partial charge < -0.3 is 15.2 Å². The molecule has 0 amide bonds. The topological polar surface area (TPSA) is 50.1 Å². The molecule has 0 aliphatic carbocycles. The zero-order valence-corrected chi connectivity index (χ0v) is 11.0. The van der Waals surface area contributed by atoms with Crippen LogP contribution in [0.1, 0.15) is 45.1 Å². The SMILES string of the molecule is CC(C)(C)c1cc(CNC2CCNCC2)no1. The maximum atomic E-state index is 5.37. The molecule has 1 fully saturated rings.